The van der Waals surface area contributed by atoms with E-state index in [0.29, 0.717) is 37.3 Å². The minimum atomic E-state index is -0.786. The molecule has 1 N–H and O–H groups in total. The number of amides is 1. The molecule has 1 amide bonds. The van der Waals surface area contributed by atoms with E-state index in [1.165, 1.54) is 12.1 Å². The number of aromatic nitrogens is 2. The average molecular weight is 371 g/mol. The van der Waals surface area contributed by atoms with Gasteiger partial charge in [0.15, 0.2) is 5.69 Å². The lowest BCUT2D eigenvalue weighted by Gasteiger charge is -2.31. The number of carbonyl (C=O) groups is 2. The Morgan fingerprint density at radius 2 is 2.00 bits per heavy atom. The van der Waals surface area contributed by atoms with E-state index in [4.69, 9.17) is 5.11 Å². The first-order valence-corrected chi connectivity index (χ1v) is 9.40. The van der Waals surface area contributed by atoms with Crippen LogP contribution in [0.5, 0.6) is 0 Å². The maximum atomic E-state index is 13.6. The van der Waals surface area contributed by atoms with Gasteiger partial charge in [0.25, 0.3) is 5.91 Å². The zero-order valence-electron chi connectivity index (χ0n) is 15.0. The molecule has 1 aromatic heterocycles. The second-order valence-electron chi connectivity index (χ2n) is 7.35. The Hall–Kier alpha value is -2.70. The Kier molecular flexibility index (Phi) is 4.68. The molecular formula is C20H22FN3O3. The maximum absolute atomic E-state index is 13.6. The summed E-state index contributed by atoms with van der Waals surface area (Å²) in [5.41, 5.74) is 3.05. The molecule has 2 aliphatic rings. The molecule has 0 unspecified atom stereocenters. The summed E-state index contributed by atoms with van der Waals surface area (Å²) in [6.45, 7) is 1.11. The van der Waals surface area contributed by atoms with E-state index in [1.54, 1.807) is 21.7 Å². The number of fused-ring (bicyclic) bond motifs is 1. The lowest BCUT2D eigenvalue weighted by Crippen LogP contribution is -2.39. The SMILES string of the molecule is O=C(O)CC1CCN(C(=O)c2nn(-c3cccc(F)c3)c3c2CCC3)CC1. The summed E-state index contributed by atoms with van der Waals surface area (Å²) in [5, 5.41) is 13.5. The van der Waals surface area contributed by atoms with Crippen molar-refractivity contribution >= 4 is 11.9 Å². The number of nitrogens with zero attached hydrogens (tertiary/aromatic N) is 3. The average Bonchev–Trinajstić information content (AvgIpc) is 3.24. The van der Waals surface area contributed by atoms with Gasteiger partial charge in [-0.2, -0.15) is 5.10 Å². The summed E-state index contributed by atoms with van der Waals surface area (Å²) in [6, 6.07) is 6.25. The van der Waals surface area contributed by atoms with Gasteiger partial charge in [0.2, 0.25) is 0 Å². The van der Waals surface area contributed by atoms with Crippen molar-refractivity contribution in [3.63, 3.8) is 0 Å². The third-order valence-electron chi connectivity index (χ3n) is 5.55. The Morgan fingerprint density at radius 3 is 2.70 bits per heavy atom. The van der Waals surface area contributed by atoms with Gasteiger partial charge in [-0.1, -0.05) is 6.07 Å². The Balaban J connectivity index is 1.57. The van der Waals surface area contributed by atoms with Crippen molar-refractivity contribution in [3.05, 3.63) is 47.0 Å². The molecule has 0 saturated carbocycles. The smallest absolute Gasteiger partial charge is 0.303 e. The van der Waals surface area contributed by atoms with Crippen LogP contribution in [-0.4, -0.2) is 44.8 Å². The number of piperidine rings is 1. The predicted molar refractivity (Wildman–Crippen MR) is 96.4 cm³/mol. The quantitative estimate of drug-likeness (QED) is 0.897. The Labute approximate surface area is 156 Å². The molecule has 7 heteroatoms. The highest BCUT2D eigenvalue weighted by Gasteiger charge is 2.31. The van der Waals surface area contributed by atoms with Crippen LogP contribution in [0.3, 0.4) is 0 Å². The van der Waals surface area contributed by atoms with Crippen LogP contribution in [0, 0.1) is 11.7 Å². The van der Waals surface area contributed by atoms with Gasteiger partial charge >= 0.3 is 5.97 Å². The number of rotatable bonds is 4. The van der Waals surface area contributed by atoms with Crippen LogP contribution < -0.4 is 0 Å². The van der Waals surface area contributed by atoms with Crippen LogP contribution in [0.2, 0.25) is 0 Å². The summed E-state index contributed by atoms with van der Waals surface area (Å²) in [6.07, 6.45) is 4.15. The van der Waals surface area contributed by atoms with Gasteiger partial charge < -0.3 is 10.0 Å². The van der Waals surface area contributed by atoms with E-state index >= 15 is 0 Å². The van der Waals surface area contributed by atoms with Crippen molar-refractivity contribution in [2.45, 2.75) is 38.5 Å². The molecule has 0 bridgehead atoms. The zero-order valence-corrected chi connectivity index (χ0v) is 15.0. The molecule has 1 aliphatic carbocycles. The molecule has 4 rings (SSSR count). The number of hydrogen-bond acceptors (Lipinski definition) is 3. The number of carboxylic acid groups (broad SMARTS) is 1. The minimum absolute atomic E-state index is 0.0999. The molecule has 1 aromatic carbocycles. The summed E-state index contributed by atoms with van der Waals surface area (Å²) in [5.74, 6) is -1.09. The van der Waals surface area contributed by atoms with Crippen LogP contribution in [0.1, 0.15) is 47.4 Å². The van der Waals surface area contributed by atoms with E-state index in [1.807, 2.05) is 0 Å². The topological polar surface area (TPSA) is 75.4 Å². The van der Waals surface area contributed by atoms with E-state index in [9.17, 15) is 14.0 Å². The van der Waals surface area contributed by atoms with Crippen molar-refractivity contribution in [1.29, 1.82) is 0 Å². The molecule has 142 valence electrons. The van der Waals surface area contributed by atoms with Gasteiger partial charge in [0.1, 0.15) is 5.82 Å². The van der Waals surface area contributed by atoms with Crippen molar-refractivity contribution in [2.75, 3.05) is 13.1 Å². The lowest BCUT2D eigenvalue weighted by molar-refractivity contribution is -0.138. The van der Waals surface area contributed by atoms with Gasteiger partial charge in [0.05, 0.1) is 5.69 Å². The van der Waals surface area contributed by atoms with Gasteiger partial charge in [-0.3, -0.25) is 9.59 Å². The highest BCUT2D eigenvalue weighted by atomic mass is 19.1. The maximum Gasteiger partial charge on any atom is 0.303 e. The standard InChI is InChI=1S/C20H22FN3O3/c21-14-3-1-4-15(12-14)24-17-6-2-5-16(17)19(22-24)20(27)23-9-7-13(8-10-23)11-18(25)26/h1,3-4,12-13H,2,5-11H2,(H,25,26). The third kappa shape index (κ3) is 3.46. The number of halogens is 1. The van der Waals surface area contributed by atoms with E-state index in [-0.39, 0.29) is 24.1 Å². The number of hydrogen-bond donors (Lipinski definition) is 1. The van der Waals surface area contributed by atoms with Gasteiger partial charge in [-0.25, -0.2) is 9.07 Å². The molecule has 2 aromatic rings. The molecule has 2 heterocycles. The van der Waals surface area contributed by atoms with Crippen LogP contribution in [0.4, 0.5) is 4.39 Å². The van der Waals surface area contributed by atoms with Gasteiger partial charge in [-0.15, -0.1) is 0 Å². The van der Waals surface area contributed by atoms with Gasteiger partial charge in [-0.05, 0) is 56.2 Å². The fraction of sp³-hybridized carbons (Fsp3) is 0.450. The van der Waals surface area contributed by atoms with Gasteiger partial charge in [0, 0.05) is 30.8 Å². The van der Waals surface area contributed by atoms with Crippen LogP contribution in [0.25, 0.3) is 5.69 Å². The first-order valence-electron chi connectivity index (χ1n) is 9.40. The number of carbonyl (C=O) groups excluding carboxylic acids is 1. The second kappa shape index (κ2) is 7.13. The normalized spacial score (nSPS) is 17.1. The predicted octanol–water partition coefficient (Wildman–Crippen LogP) is 2.83. The lowest BCUT2D eigenvalue weighted by atomic mass is 9.93. The molecule has 1 saturated heterocycles. The Morgan fingerprint density at radius 1 is 1.22 bits per heavy atom. The molecular weight excluding hydrogens is 349 g/mol. The molecule has 1 aliphatic heterocycles. The molecule has 0 atom stereocenters. The number of benzene rings is 1. The molecule has 6 nitrogen and oxygen atoms in total. The third-order valence-corrected chi connectivity index (χ3v) is 5.55. The summed E-state index contributed by atoms with van der Waals surface area (Å²) in [7, 11) is 0. The minimum Gasteiger partial charge on any atom is -0.481 e. The highest BCUT2D eigenvalue weighted by molar-refractivity contribution is 5.94. The van der Waals surface area contributed by atoms with Crippen LogP contribution >= 0.6 is 0 Å². The molecule has 1 fully saturated rings. The fourth-order valence-electron chi connectivity index (χ4n) is 4.17. The van der Waals surface area contributed by atoms with Crippen molar-refractivity contribution in [2.24, 2.45) is 5.92 Å². The summed E-state index contributed by atoms with van der Waals surface area (Å²) < 4.78 is 15.3. The zero-order chi connectivity index (χ0) is 19.0. The van der Waals surface area contributed by atoms with Crippen LogP contribution in [-0.2, 0) is 17.6 Å². The van der Waals surface area contributed by atoms with E-state index in [2.05, 4.69) is 5.10 Å². The molecule has 27 heavy (non-hydrogen) atoms. The molecule has 0 radical (unpaired) electrons. The number of likely N-dealkylation sites (tertiary alicyclic amines) is 1. The summed E-state index contributed by atoms with van der Waals surface area (Å²) >= 11 is 0. The van der Waals surface area contributed by atoms with Crippen LogP contribution in [0.15, 0.2) is 24.3 Å². The van der Waals surface area contributed by atoms with E-state index < -0.39 is 5.97 Å². The number of carboxylic acids is 1. The van der Waals surface area contributed by atoms with Crippen molar-refractivity contribution in [1.82, 2.24) is 14.7 Å². The highest BCUT2D eigenvalue weighted by Crippen LogP contribution is 2.30. The number of aliphatic carboxylic acids is 1. The van der Waals surface area contributed by atoms with E-state index in [0.717, 1.165) is 30.5 Å². The van der Waals surface area contributed by atoms with Crippen molar-refractivity contribution in [3.8, 4) is 5.69 Å². The first kappa shape index (κ1) is 17.7. The van der Waals surface area contributed by atoms with Crippen molar-refractivity contribution < 1.29 is 19.1 Å². The Bertz CT molecular complexity index is 885. The second-order valence-corrected chi connectivity index (χ2v) is 7.35. The first-order chi connectivity index (χ1) is 13.0. The fourth-order valence-corrected chi connectivity index (χ4v) is 4.17. The molecule has 0 spiro atoms. The monoisotopic (exact) mass is 371 g/mol. The summed E-state index contributed by atoms with van der Waals surface area (Å²) in [4.78, 5) is 25.7. The largest absolute Gasteiger partial charge is 0.481 e.